The largest absolute Gasteiger partial charge is 0.243 e. The van der Waals surface area contributed by atoms with E-state index < -0.39 is 0 Å². The number of unbranched alkanes of at least 4 members (excludes halogenated alkanes) is 4. The molecule has 2 nitrogen and oxygen atoms in total. The van der Waals surface area contributed by atoms with Gasteiger partial charge in [0.1, 0.15) is 0 Å². The molecule has 3 heterocycles. The fourth-order valence-electron chi connectivity index (χ4n) is 13.0. The van der Waals surface area contributed by atoms with Crippen molar-refractivity contribution in [2.45, 2.75) is 116 Å². The minimum Gasteiger partial charge on any atom is -0.243 e. The molecule has 380 valence electrons. The van der Waals surface area contributed by atoms with Crippen LogP contribution in [0.1, 0.15) is 127 Å². The summed E-state index contributed by atoms with van der Waals surface area (Å²) in [7, 11) is 0. The van der Waals surface area contributed by atoms with Gasteiger partial charge in [-0.2, -0.15) is 0 Å². The van der Waals surface area contributed by atoms with Gasteiger partial charge in [-0.15, -0.1) is 22.7 Å². The zero-order valence-electron chi connectivity index (χ0n) is 44.1. The molecule has 2 aliphatic rings. The van der Waals surface area contributed by atoms with Crippen LogP contribution in [-0.2, 0) is 10.8 Å². The molecule has 0 amide bonds. The number of hydrogen-bond acceptors (Lipinski definition) is 4. The predicted octanol–water partition coefficient (Wildman–Crippen LogP) is 22.6. The van der Waals surface area contributed by atoms with Crippen molar-refractivity contribution < 1.29 is 0 Å². The van der Waals surface area contributed by atoms with Gasteiger partial charge in [0.25, 0.3) is 0 Å². The third-order valence-electron chi connectivity index (χ3n) is 16.8. The van der Waals surface area contributed by atoms with Gasteiger partial charge >= 0.3 is 0 Å². The maximum atomic E-state index is 5.78. The molecule has 10 aromatic rings. The molecule has 0 aliphatic heterocycles. The number of nitrogens with zero attached hydrogens (tertiary/aromatic N) is 2. The van der Waals surface area contributed by atoms with E-state index in [1.807, 2.05) is 0 Å². The Bertz CT molecular complexity index is 3490. The maximum absolute atomic E-state index is 5.78. The van der Waals surface area contributed by atoms with Crippen LogP contribution in [0.2, 0.25) is 0 Å². The maximum Gasteiger partial charge on any atom is 0.0988 e. The molecule has 0 N–H and O–H groups in total. The van der Waals surface area contributed by atoms with E-state index in [4.69, 9.17) is 9.97 Å². The van der Waals surface area contributed by atoms with Gasteiger partial charge in [-0.05, 0) is 161 Å². The summed E-state index contributed by atoms with van der Waals surface area (Å²) in [5.74, 6) is 0. The zero-order valence-corrected chi connectivity index (χ0v) is 48.9. The van der Waals surface area contributed by atoms with Gasteiger partial charge < -0.3 is 0 Å². The summed E-state index contributed by atoms with van der Waals surface area (Å²) in [5.41, 5.74) is 24.5. The minimum atomic E-state index is 0.0349. The van der Waals surface area contributed by atoms with E-state index in [1.165, 1.54) is 144 Å². The Balaban J connectivity index is 0.986. The van der Waals surface area contributed by atoms with Crippen molar-refractivity contribution >= 4 is 65.6 Å². The molecule has 2 aliphatic carbocycles. The second-order valence-electron chi connectivity index (χ2n) is 21.3. The number of halogens is 2. The summed E-state index contributed by atoms with van der Waals surface area (Å²) >= 11 is 11.0. The van der Waals surface area contributed by atoms with Crippen molar-refractivity contribution in [2.75, 3.05) is 0 Å². The Hall–Kier alpha value is -5.76. The average molecular weight is 1160 g/mol. The van der Waals surface area contributed by atoms with E-state index in [0.29, 0.717) is 0 Å². The molecule has 0 spiro atoms. The topological polar surface area (TPSA) is 25.8 Å². The molecule has 0 fully saturated rings. The van der Waals surface area contributed by atoms with Crippen LogP contribution in [0, 0.1) is 0 Å². The molecule has 0 bridgehead atoms. The van der Waals surface area contributed by atoms with Crippen LogP contribution in [0.15, 0.2) is 177 Å². The van der Waals surface area contributed by atoms with Gasteiger partial charge in [0.2, 0.25) is 0 Å². The SMILES string of the molecule is CCCCC1(CCCC)c2ccccc2-c2ccc(-c3ccc(-c4nc5c(-c6ccc(Br)s6)ccc(-c6ccc(Br)s6)c5nc4-c4ccc(-c5ccc6c(c5)C(CCCC)(CCCC)c5ccccc5-6)cc4)cc3)cc21. The van der Waals surface area contributed by atoms with E-state index >= 15 is 0 Å². The monoisotopic (exact) mass is 1150 g/mol. The molecule has 0 atom stereocenters. The van der Waals surface area contributed by atoms with E-state index in [-0.39, 0.29) is 10.8 Å². The highest BCUT2D eigenvalue weighted by atomic mass is 79.9. The number of rotatable bonds is 18. The van der Waals surface area contributed by atoms with Gasteiger partial charge in [0, 0.05) is 42.8 Å². The smallest absolute Gasteiger partial charge is 0.0988 e. The Morgan fingerprint density at radius 1 is 0.342 bits per heavy atom. The lowest BCUT2D eigenvalue weighted by Gasteiger charge is -2.33. The van der Waals surface area contributed by atoms with Crippen molar-refractivity contribution in [3.63, 3.8) is 0 Å². The van der Waals surface area contributed by atoms with Gasteiger partial charge in [-0.3, -0.25) is 0 Å². The molecular formula is C70H64Br2N2S2. The van der Waals surface area contributed by atoms with Crippen molar-refractivity contribution in [3.05, 3.63) is 200 Å². The Kier molecular flexibility index (Phi) is 14.5. The van der Waals surface area contributed by atoms with Crippen molar-refractivity contribution in [3.8, 4) is 87.9 Å². The average Bonchev–Trinajstić information content (AvgIpc) is 4.39. The summed E-state index contributed by atoms with van der Waals surface area (Å²) in [6, 6.07) is 64.5. The number of fused-ring (bicyclic) bond motifs is 7. The molecule has 0 saturated carbocycles. The van der Waals surface area contributed by atoms with Gasteiger partial charge in [0.15, 0.2) is 0 Å². The first-order valence-electron chi connectivity index (χ1n) is 27.8. The van der Waals surface area contributed by atoms with Gasteiger partial charge in [-0.1, -0.05) is 213 Å². The minimum absolute atomic E-state index is 0.0349. The summed E-state index contributed by atoms with van der Waals surface area (Å²) < 4.78 is 2.18. The highest BCUT2D eigenvalue weighted by Crippen LogP contribution is 2.57. The first-order valence-corrected chi connectivity index (χ1v) is 31.1. The highest BCUT2D eigenvalue weighted by molar-refractivity contribution is 9.11. The normalized spacial score (nSPS) is 13.7. The molecular weight excluding hydrogens is 1090 g/mol. The van der Waals surface area contributed by atoms with Crippen molar-refractivity contribution in [2.24, 2.45) is 0 Å². The molecule has 0 saturated heterocycles. The summed E-state index contributed by atoms with van der Waals surface area (Å²) in [6.45, 7) is 9.32. The van der Waals surface area contributed by atoms with Crippen LogP contribution < -0.4 is 0 Å². The Morgan fingerprint density at radius 2 is 0.671 bits per heavy atom. The van der Waals surface area contributed by atoms with E-state index in [0.717, 1.165) is 62.0 Å². The number of aromatic nitrogens is 2. The zero-order chi connectivity index (χ0) is 52.0. The lowest BCUT2D eigenvalue weighted by molar-refractivity contribution is 0.414. The Morgan fingerprint density at radius 3 is 1.03 bits per heavy atom. The first-order chi connectivity index (χ1) is 37.3. The summed E-state index contributed by atoms with van der Waals surface area (Å²) in [5, 5.41) is 0. The molecule has 0 radical (unpaired) electrons. The molecule has 7 aromatic carbocycles. The summed E-state index contributed by atoms with van der Waals surface area (Å²) in [6.07, 6.45) is 14.4. The first kappa shape index (κ1) is 51.0. The van der Waals surface area contributed by atoms with Crippen LogP contribution in [0.5, 0.6) is 0 Å². The Labute approximate surface area is 475 Å². The molecule has 6 heteroatoms. The number of hydrogen-bond donors (Lipinski definition) is 0. The van der Waals surface area contributed by atoms with E-state index in [1.54, 1.807) is 22.7 Å². The van der Waals surface area contributed by atoms with Gasteiger partial charge in [0.05, 0.1) is 30.0 Å². The lowest BCUT2D eigenvalue weighted by Crippen LogP contribution is -2.25. The molecule has 0 unspecified atom stereocenters. The third-order valence-corrected chi connectivity index (χ3v) is 20.2. The lowest BCUT2D eigenvalue weighted by atomic mass is 9.70. The highest BCUT2D eigenvalue weighted by Gasteiger charge is 2.43. The third kappa shape index (κ3) is 8.99. The molecule has 3 aromatic heterocycles. The molecule has 12 rings (SSSR count). The van der Waals surface area contributed by atoms with E-state index in [9.17, 15) is 0 Å². The fourth-order valence-corrected chi connectivity index (χ4v) is 15.8. The van der Waals surface area contributed by atoms with E-state index in [2.05, 4.69) is 229 Å². The number of thiophene rings is 2. The van der Waals surface area contributed by atoms with Crippen LogP contribution >= 0.6 is 54.5 Å². The van der Waals surface area contributed by atoms with Crippen LogP contribution in [0.4, 0.5) is 0 Å². The van der Waals surface area contributed by atoms with Crippen molar-refractivity contribution in [1.82, 2.24) is 9.97 Å². The van der Waals surface area contributed by atoms with Crippen LogP contribution in [-0.4, -0.2) is 9.97 Å². The van der Waals surface area contributed by atoms with Crippen LogP contribution in [0.25, 0.3) is 98.9 Å². The number of benzene rings is 7. The second kappa shape index (κ2) is 21.6. The predicted molar refractivity (Wildman–Crippen MR) is 334 cm³/mol. The second-order valence-corrected chi connectivity index (χ2v) is 26.3. The van der Waals surface area contributed by atoms with Gasteiger partial charge in [-0.25, -0.2) is 9.97 Å². The van der Waals surface area contributed by atoms with Crippen LogP contribution in [0.3, 0.4) is 0 Å². The standard InChI is InChI=1S/C70H64Br2N2S2/c1-5-9-39-69(40-10-6-2)57-19-15-13-17-51(57)53-31-29-49(43-59(53)69)45-21-25-47(26-22-45)65-66(74-68-56(62-36-38-64(72)76-62)34-33-55(67(68)73-65)61-35-37-63(71)75-61)48-27-23-46(24-28-48)50-30-32-54-52-18-14-16-20-58(52)70(41-11-7-3,42-12-8-4)60(54)44-50/h13-38,43-44H,5-12,39-42H2,1-4H3. The quantitative estimate of drug-likeness (QED) is 0.0856. The molecule has 76 heavy (non-hydrogen) atoms. The van der Waals surface area contributed by atoms with Crippen molar-refractivity contribution in [1.29, 1.82) is 0 Å². The summed E-state index contributed by atoms with van der Waals surface area (Å²) in [4.78, 5) is 13.9. The fraction of sp³-hybridized carbons (Fsp3) is 0.257.